The van der Waals surface area contributed by atoms with Crippen LogP contribution in [-0.4, -0.2) is 28.8 Å². The van der Waals surface area contributed by atoms with Gasteiger partial charge in [-0.2, -0.15) is 0 Å². The number of hydrogen-bond donors (Lipinski definition) is 2. The molecule has 1 aromatic carbocycles. The second-order valence-corrected chi connectivity index (χ2v) is 5.97. The average Bonchev–Trinajstić information content (AvgIpc) is 2.35. The molecule has 2 N–H and O–H groups in total. The molecule has 0 saturated carbocycles. The summed E-state index contributed by atoms with van der Waals surface area (Å²) in [6, 6.07) is 0.386. The van der Waals surface area contributed by atoms with Gasteiger partial charge in [0.25, 0.3) is 0 Å². The molecule has 1 atom stereocenters. The quantitative estimate of drug-likeness (QED) is 0.829. The maximum Gasteiger partial charge on any atom is 0.408 e. The van der Waals surface area contributed by atoms with E-state index in [1.807, 2.05) is 0 Å². The van der Waals surface area contributed by atoms with Crippen molar-refractivity contribution in [3.05, 3.63) is 34.4 Å². The molecule has 1 aromatic rings. The number of carbonyl (C=O) groups is 2. The van der Waals surface area contributed by atoms with Crippen LogP contribution in [0.2, 0.25) is 5.02 Å². The average molecular weight is 336 g/mol. The molecule has 122 valence electrons. The Morgan fingerprint density at radius 2 is 1.95 bits per heavy atom. The molecule has 0 spiro atoms. The Bertz CT molecular complexity index is 587. The molecule has 5 nitrogen and oxygen atoms in total. The van der Waals surface area contributed by atoms with E-state index in [1.165, 1.54) is 0 Å². The topological polar surface area (TPSA) is 75.6 Å². The smallest absolute Gasteiger partial charge is 0.408 e. The van der Waals surface area contributed by atoms with Gasteiger partial charge in [0, 0.05) is 12.0 Å². The lowest BCUT2D eigenvalue weighted by Crippen LogP contribution is -2.45. The van der Waals surface area contributed by atoms with Crippen molar-refractivity contribution in [2.75, 3.05) is 0 Å². The Kier molecular flexibility index (Phi) is 5.71. The van der Waals surface area contributed by atoms with E-state index >= 15 is 0 Å². The van der Waals surface area contributed by atoms with Gasteiger partial charge in [0.2, 0.25) is 0 Å². The third-order valence-electron chi connectivity index (χ3n) is 2.54. The molecule has 0 aromatic heterocycles. The third-order valence-corrected chi connectivity index (χ3v) is 2.83. The highest BCUT2D eigenvalue weighted by Crippen LogP contribution is 2.22. The lowest BCUT2D eigenvalue weighted by atomic mass is 10.0. The first-order chi connectivity index (χ1) is 10.0. The van der Waals surface area contributed by atoms with Gasteiger partial charge in [-0.25, -0.2) is 18.4 Å². The maximum absolute atomic E-state index is 13.8. The molecule has 0 heterocycles. The second-order valence-electron chi connectivity index (χ2n) is 5.56. The van der Waals surface area contributed by atoms with Crippen LogP contribution >= 0.6 is 11.6 Å². The van der Waals surface area contributed by atoms with Crippen molar-refractivity contribution >= 4 is 23.7 Å². The number of benzene rings is 1. The summed E-state index contributed by atoms with van der Waals surface area (Å²) in [6.07, 6.45) is -1.60. The fourth-order valence-corrected chi connectivity index (χ4v) is 1.79. The number of carboxylic acids is 1. The molecule has 1 unspecified atom stereocenters. The van der Waals surface area contributed by atoms with Gasteiger partial charge < -0.3 is 15.2 Å². The number of carboxylic acid groups (broad SMARTS) is 1. The van der Waals surface area contributed by atoms with Gasteiger partial charge in [-0.3, -0.25) is 0 Å². The molecule has 0 aliphatic heterocycles. The molecule has 0 bridgehead atoms. The number of rotatable bonds is 4. The van der Waals surface area contributed by atoms with Gasteiger partial charge in [-0.1, -0.05) is 11.6 Å². The first kappa shape index (κ1) is 18.2. The Morgan fingerprint density at radius 3 is 2.45 bits per heavy atom. The summed E-state index contributed by atoms with van der Waals surface area (Å²) in [7, 11) is 0. The molecule has 1 amide bonds. The van der Waals surface area contributed by atoms with E-state index in [4.69, 9.17) is 21.4 Å². The Morgan fingerprint density at radius 1 is 1.36 bits per heavy atom. The summed E-state index contributed by atoms with van der Waals surface area (Å²) in [6.45, 7) is 4.79. The van der Waals surface area contributed by atoms with E-state index in [9.17, 15) is 18.4 Å². The fourth-order valence-electron chi connectivity index (χ4n) is 1.61. The van der Waals surface area contributed by atoms with Gasteiger partial charge in [-0.05, 0) is 32.9 Å². The molecule has 0 radical (unpaired) electrons. The predicted molar refractivity (Wildman–Crippen MR) is 75.9 cm³/mol. The van der Waals surface area contributed by atoms with Crippen molar-refractivity contribution in [2.45, 2.75) is 38.8 Å². The Balaban J connectivity index is 2.93. The van der Waals surface area contributed by atoms with E-state index in [0.717, 1.165) is 12.1 Å². The number of nitrogens with one attached hydrogen (secondary N) is 1. The van der Waals surface area contributed by atoms with Gasteiger partial charge >= 0.3 is 12.1 Å². The highest BCUT2D eigenvalue weighted by molar-refractivity contribution is 6.30. The van der Waals surface area contributed by atoms with Crippen molar-refractivity contribution in [3.63, 3.8) is 0 Å². The van der Waals surface area contributed by atoms with E-state index < -0.39 is 47.3 Å². The van der Waals surface area contributed by atoms with Crippen LogP contribution in [0.4, 0.5) is 13.6 Å². The van der Waals surface area contributed by atoms with Crippen molar-refractivity contribution in [2.24, 2.45) is 0 Å². The second kappa shape index (κ2) is 6.91. The zero-order chi connectivity index (χ0) is 17.1. The number of ether oxygens (including phenoxy) is 1. The summed E-state index contributed by atoms with van der Waals surface area (Å²) in [5.41, 5.74) is -1.35. The van der Waals surface area contributed by atoms with Crippen LogP contribution in [0.3, 0.4) is 0 Å². The lowest BCUT2D eigenvalue weighted by Gasteiger charge is -2.22. The van der Waals surface area contributed by atoms with Gasteiger partial charge in [0.15, 0.2) is 0 Å². The largest absolute Gasteiger partial charge is 0.480 e. The highest BCUT2D eigenvalue weighted by atomic mass is 35.5. The number of hydrogen-bond acceptors (Lipinski definition) is 3. The summed E-state index contributed by atoms with van der Waals surface area (Å²) < 4.78 is 32.3. The molecule has 0 fully saturated rings. The molecule has 22 heavy (non-hydrogen) atoms. The monoisotopic (exact) mass is 335 g/mol. The zero-order valence-corrected chi connectivity index (χ0v) is 13.0. The van der Waals surface area contributed by atoms with Gasteiger partial charge in [-0.15, -0.1) is 0 Å². The molecule has 1 rings (SSSR count). The number of aliphatic carboxylic acids is 1. The SMILES string of the molecule is CC(C)(C)OC(=O)NC(Cc1c(F)ccc(Cl)c1F)C(=O)O. The Hall–Kier alpha value is -1.89. The first-order valence-corrected chi connectivity index (χ1v) is 6.73. The van der Waals surface area contributed by atoms with Crippen molar-refractivity contribution in [1.82, 2.24) is 5.32 Å². The molecule has 0 aliphatic carbocycles. The maximum atomic E-state index is 13.8. The minimum Gasteiger partial charge on any atom is -0.480 e. The van der Waals surface area contributed by atoms with Crippen molar-refractivity contribution < 1.29 is 28.2 Å². The normalized spacial score (nSPS) is 12.6. The van der Waals surface area contributed by atoms with E-state index in [1.54, 1.807) is 20.8 Å². The van der Waals surface area contributed by atoms with E-state index in [-0.39, 0.29) is 5.02 Å². The van der Waals surface area contributed by atoms with E-state index in [2.05, 4.69) is 5.32 Å². The van der Waals surface area contributed by atoms with Crippen LogP contribution in [0.5, 0.6) is 0 Å². The Labute approximate surface area is 131 Å². The van der Waals surface area contributed by atoms with Crippen LogP contribution in [0, 0.1) is 11.6 Å². The van der Waals surface area contributed by atoms with Crippen LogP contribution in [0.1, 0.15) is 26.3 Å². The number of carbonyl (C=O) groups excluding carboxylic acids is 1. The lowest BCUT2D eigenvalue weighted by molar-refractivity contribution is -0.139. The minimum absolute atomic E-state index is 0.335. The first-order valence-electron chi connectivity index (χ1n) is 6.36. The predicted octanol–water partition coefficient (Wildman–Crippen LogP) is 3.14. The minimum atomic E-state index is -1.56. The summed E-state index contributed by atoms with van der Waals surface area (Å²) >= 11 is 5.54. The van der Waals surface area contributed by atoms with Crippen LogP contribution in [0.15, 0.2) is 12.1 Å². The number of alkyl carbamates (subject to hydrolysis) is 1. The summed E-state index contributed by atoms with van der Waals surface area (Å²) in [4.78, 5) is 22.8. The van der Waals surface area contributed by atoms with Crippen molar-refractivity contribution in [3.8, 4) is 0 Å². The van der Waals surface area contributed by atoms with Gasteiger partial charge in [0.05, 0.1) is 5.02 Å². The summed E-state index contributed by atoms with van der Waals surface area (Å²) in [5, 5.41) is 10.8. The third kappa shape index (κ3) is 5.14. The standard InChI is InChI=1S/C14H16ClF2NO4/c1-14(2,3)22-13(21)18-10(12(19)20)6-7-9(16)5-4-8(15)11(7)17/h4-5,10H,6H2,1-3H3,(H,18,21)(H,19,20). The highest BCUT2D eigenvalue weighted by Gasteiger charge is 2.27. The molecule has 8 heteroatoms. The summed E-state index contributed by atoms with van der Waals surface area (Å²) in [5.74, 6) is -3.46. The molecular formula is C14H16ClF2NO4. The van der Waals surface area contributed by atoms with Crippen molar-refractivity contribution in [1.29, 1.82) is 0 Å². The molecule has 0 aliphatic rings. The van der Waals surface area contributed by atoms with Crippen LogP contribution < -0.4 is 5.32 Å². The van der Waals surface area contributed by atoms with Gasteiger partial charge in [0.1, 0.15) is 23.3 Å². The zero-order valence-electron chi connectivity index (χ0n) is 12.2. The van der Waals surface area contributed by atoms with Crippen LogP contribution in [-0.2, 0) is 16.0 Å². The van der Waals surface area contributed by atoms with E-state index in [0.29, 0.717) is 0 Å². The molecular weight excluding hydrogens is 320 g/mol. The fraction of sp³-hybridized carbons (Fsp3) is 0.429. The van der Waals surface area contributed by atoms with Crippen LogP contribution in [0.25, 0.3) is 0 Å². The molecule has 0 saturated heterocycles. The number of amides is 1. The number of halogens is 3.